The van der Waals surface area contributed by atoms with Crippen molar-refractivity contribution in [1.29, 1.82) is 0 Å². The average molecular weight is 175 g/mol. The third kappa shape index (κ3) is 3.29. The molecule has 0 aliphatic heterocycles. The Morgan fingerprint density at radius 1 is 1.40 bits per heavy atom. The van der Waals surface area contributed by atoms with Gasteiger partial charge in [-0.25, -0.2) is 0 Å². The zero-order valence-corrected chi connectivity index (χ0v) is 6.15. The molecule has 0 nitrogen and oxygen atoms in total. The van der Waals surface area contributed by atoms with Gasteiger partial charge in [0, 0.05) is 0 Å². The molecule has 0 aromatic heterocycles. The Morgan fingerprint density at radius 3 is 2.20 bits per heavy atom. The lowest BCUT2D eigenvalue weighted by molar-refractivity contribution is -0.0382. The number of halogens is 4. The molecule has 0 saturated carbocycles. The van der Waals surface area contributed by atoms with Gasteiger partial charge in [-0.05, 0) is 5.75 Å². The molecule has 0 N–H and O–H groups in total. The minimum Gasteiger partial charge on any atom is -0.199 e. The van der Waals surface area contributed by atoms with Crippen LogP contribution < -0.4 is 0 Å². The molecular weight excluding hydrogens is 168 g/mol. The first kappa shape index (κ1) is 10.1. The van der Waals surface area contributed by atoms with E-state index in [1.54, 1.807) is 6.92 Å². The van der Waals surface area contributed by atoms with Gasteiger partial charge in [-0.1, -0.05) is 6.92 Å². The van der Waals surface area contributed by atoms with Gasteiger partial charge in [0.15, 0.2) is 0 Å². The van der Waals surface area contributed by atoms with Crippen molar-refractivity contribution in [2.45, 2.75) is 12.8 Å². The predicted molar refractivity (Wildman–Crippen MR) is 33.4 cm³/mol. The molecule has 0 aromatic carbocycles. The van der Waals surface area contributed by atoms with Crippen LogP contribution in [0.5, 0.6) is 0 Å². The van der Waals surface area contributed by atoms with Gasteiger partial charge >= 0.3 is 12.3 Å². The Labute approximate surface area is 61.0 Å². The minimum atomic E-state index is -3.90. The maximum atomic E-state index is 11.9. The van der Waals surface area contributed by atoms with E-state index >= 15 is 0 Å². The first-order chi connectivity index (χ1) is 4.50. The fourth-order valence-corrected chi connectivity index (χ4v) is 0.854. The summed E-state index contributed by atoms with van der Waals surface area (Å²) in [5.74, 6) is -4.31. The smallest absolute Gasteiger partial charge is 0.199 e. The number of rotatable bonds is 4. The van der Waals surface area contributed by atoms with E-state index in [1.165, 1.54) is 0 Å². The summed E-state index contributed by atoms with van der Waals surface area (Å²) >= 11 is 0.793. The van der Waals surface area contributed by atoms with Gasteiger partial charge in [-0.2, -0.15) is 29.3 Å². The van der Waals surface area contributed by atoms with Crippen LogP contribution in [0.4, 0.5) is 17.6 Å². The lowest BCUT2D eigenvalue weighted by Crippen LogP contribution is -2.23. The maximum Gasteiger partial charge on any atom is 0.379 e. The van der Waals surface area contributed by atoms with Crippen molar-refractivity contribution in [3.05, 3.63) is 6.43 Å². The van der Waals surface area contributed by atoms with Crippen molar-refractivity contribution in [3.63, 3.8) is 0 Å². The highest BCUT2D eigenvalue weighted by atomic mass is 32.2. The molecule has 0 amide bonds. The van der Waals surface area contributed by atoms with Crippen molar-refractivity contribution < 1.29 is 17.6 Å². The number of hydrogen-bond acceptors (Lipinski definition) is 1. The molecule has 0 fully saturated rings. The highest BCUT2D eigenvalue weighted by Crippen LogP contribution is 2.31. The Hall–Kier alpha value is 0.0700. The Bertz CT molecular complexity index is 93.6. The lowest BCUT2D eigenvalue weighted by atomic mass is 10.4. The van der Waals surface area contributed by atoms with Crippen LogP contribution in [0.1, 0.15) is 6.92 Å². The molecular formula is C5H7F4S. The molecule has 0 aliphatic rings. The van der Waals surface area contributed by atoms with Gasteiger partial charge in [0.05, 0.1) is 5.75 Å². The summed E-state index contributed by atoms with van der Waals surface area (Å²) < 4.78 is 46.4. The average Bonchev–Trinajstić information content (AvgIpc) is 1.84. The normalized spacial score (nSPS) is 12.6. The van der Waals surface area contributed by atoms with Crippen molar-refractivity contribution in [3.8, 4) is 0 Å². The van der Waals surface area contributed by atoms with Gasteiger partial charge in [0.2, 0.25) is 0 Å². The van der Waals surface area contributed by atoms with Crippen LogP contribution in [0.2, 0.25) is 0 Å². The van der Waals surface area contributed by atoms with E-state index in [-0.39, 0.29) is 0 Å². The molecule has 0 spiro atoms. The zero-order valence-electron chi connectivity index (χ0n) is 5.33. The number of hydrogen-bond donors (Lipinski definition) is 0. The van der Waals surface area contributed by atoms with Gasteiger partial charge in [-0.15, -0.1) is 0 Å². The van der Waals surface area contributed by atoms with Gasteiger partial charge in [-0.3, -0.25) is 0 Å². The van der Waals surface area contributed by atoms with Gasteiger partial charge < -0.3 is 0 Å². The van der Waals surface area contributed by atoms with E-state index in [0.717, 1.165) is 11.8 Å². The Balaban J connectivity index is 3.63. The predicted octanol–water partition coefficient (Wildman–Crippen LogP) is 2.80. The molecule has 0 bridgehead atoms. The highest BCUT2D eigenvalue weighted by Gasteiger charge is 2.42. The first-order valence-electron chi connectivity index (χ1n) is 2.64. The second-order valence-corrected chi connectivity index (χ2v) is 2.88. The van der Waals surface area contributed by atoms with E-state index in [2.05, 4.69) is 0 Å². The van der Waals surface area contributed by atoms with Crippen LogP contribution in [-0.2, 0) is 0 Å². The molecule has 0 atom stereocenters. The summed E-state index contributed by atoms with van der Waals surface area (Å²) in [5.41, 5.74) is 0. The SMILES string of the molecule is CCSCC(F)(F)[C](F)F. The second-order valence-electron chi connectivity index (χ2n) is 1.60. The standard InChI is InChI=1S/C5H7F4S/c1-2-10-3-5(8,9)4(6)7/h2-3H2,1H3. The quantitative estimate of drug-likeness (QED) is 0.592. The summed E-state index contributed by atoms with van der Waals surface area (Å²) in [6, 6.07) is 0. The molecule has 0 heterocycles. The molecule has 10 heavy (non-hydrogen) atoms. The fraction of sp³-hybridized carbons (Fsp3) is 0.800. The van der Waals surface area contributed by atoms with Crippen LogP contribution in [0.3, 0.4) is 0 Å². The molecule has 0 aromatic rings. The summed E-state index contributed by atoms with van der Waals surface area (Å²) in [4.78, 5) is 0. The van der Waals surface area contributed by atoms with E-state index in [9.17, 15) is 17.6 Å². The molecule has 0 aliphatic carbocycles. The Morgan fingerprint density at radius 2 is 1.90 bits per heavy atom. The largest absolute Gasteiger partial charge is 0.379 e. The molecule has 0 saturated heterocycles. The van der Waals surface area contributed by atoms with E-state index in [1.807, 2.05) is 0 Å². The third-order valence-electron chi connectivity index (χ3n) is 0.764. The molecule has 0 rings (SSSR count). The van der Waals surface area contributed by atoms with Crippen LogP contribution in [0.25, 0.3) is 0 Å². The van der Waals surface area contributed by atoms with Crippen molar-refractivity contribution in [1.82, 2.24) is 0 Å². The maximum absolute atomic E-state index is 11.9. The summed E-state index contributed by atoms with van der Waals surface area (Å²) in [5, 5.41) is 0. The summed E-state index contributed by atoms with van der Waals surface area (Å²) in [7, 11) is 0. The van der Waals surface area contributed by atoms with E-state index in [4.69, 9.17) is 0 Å². The molecule has 61 valence electrons. The van der Waals surface area contributed by atoms with Crippen LogP contribution in [-0.4, -0.2) is 17.4 Å². The molecule has 5 heteroatoms. The lowest BCUT2D eigenvalue weighted by Gasteiger charge is -2.11. The molecule has 0 unspecified atom stereocenters. The van der Waals surface area contributed by atoms with E-state index in [0.29, 0.717) is 5.75 Å². The zero-order chi connectivity index (χ0) is 8.20. The van der Waals surface area contributed by atoms with Crippen LogP contribution >= 0.6 is 11.8 Å². The second kappa shape index (κ2) is 4.05. The molecule has 1 radical (unpaired) electrons. The first-order valence-corrected chi connectivity index (χ1v) is 3.80. The van der Waals surface area contributed by atoms with Crippen LogP contribution in [0, 0.1) is 6.43 Å². The topological polar surface area (TPSA) is 0 Å². The number of thioether (sulfide) groups is 1. The van der Waals surface area contributed by atoms with Gasteiger partial charge in [0.1, 0.15) is 0 Å². The van der Waals surface area contributed by atoms with Crippen molar-refractivity contribution in [2.75, 3.05) is 11.5 Å². The van der Waals surface area contributed by atoms with Crippen LogP contribution in [0.15, 0.2) is 0 Å². The minimum absolute atomic E-state index is 0.420. The number of alkyl halides is 2. The van der Waals surface area contributed by atoms with Gasteiger partial charge in [0.25, 0.3) is 0 Å². The third-order valence-corrected chi connectivity index (χ3v) is 1.74. The fourth-order valence-electron chi connectivity index (χ4n) is 0.285. The van der Waals surface area contributed by atoms with Crippen molar-refractivity contribution in [2.24, 2.45) is 0 Å². The Kier molecular flexibility index (Phi) is 4.08. The summed E-state index contributed by atoms with van der Waals surface area (Å²) in [6.45, 7) is 1.64. The van der Waals surface area contributed by atoms with Crippen molar-refractivity contribution >= 4 is 11.8 Å². The summed E-state index contributed by atoms with van der Waals surface area (Å²) in [6.07, 6.45) is -2.80. The highest BCUT2D eigenvalue weighted by molar-refractivity contribution is 7.99. The van der Waals surface area contributed by atoms with E-state index < -0.39 is 18.1 Å². The monoisotopic (exact) mass is 175 g/mol.